The lowest BCUT2D eigenvalue weighted by Crippen LogP contribution is -2.54. The van der Waals surface area contributed by atoms with Crippen molar-refractivity contribution in [2.75, 3.05) is 33.2 Å². The molecule has 0 radical (unpaired) electrons. The van der Waals surface area contributed by atoms with Crippen LogP contribution < -0.4 is 0 Å². The van der Waals surface area contributed by atoms with Crippen LogP contribution in [0.25, 0.3) is 0 Å². The summed E-state index contributed by atoms with van der Waals surface area (Å²) in [5.41, 5.74) is 0.686. The molecule has 5 aliphatic rings. The van der Waals surface area contributed by atoms with Crippen LogP contribution in [0.15, 0.2) is 0 Å². The Kier molecular flexibility index (Phi) is 3.33. The molecule has 4 saturated carbocycles. The van der Waals surface area contributed by atoms with Gasteiger partial charge in [0.15, 0.2) is 0 Å². The standard InChI is InChI=1S/C18H30N2O/c1-3-17(21)20-10-15(11-20)9-19(2)12-18-7-13-4-14(8-18)6-16(18)5-13/h13-16H,3-12H2,1-2H3. The monoisotopic (exact) mass is 290 g/mol. The topological polar surface area (TPSA) is 23.6 Å². The van der Waals surface area contributed by atoms with Crippen LogP contribution in [-0.2, 0) is 4.79 Å². The van der Waals surface area contributed by atoms with Gasteiger partial charge in [-0.3, -0.25) is 4.79 Å². The number of nitrogens with zero attached hydrogens (tertiary/aromatic N) is 2. The van der Waals surface area contributed by atoms with Crippen LogP contribution >= 0.6 is 0 Å². The number of hydrogen-bond acceptors (Lipinski definition) is 2. The fraction of sp³-hybridized carbons (Fsp3) is 0.944. The van der Waals surface area contributed by atoms with Crippen LogP contribution in [0.3, 0.4) is 0 Å². The molecular formula is C18H30N2O. The second-order valence-electron chi connectivity index (χ2n) is 8.62. The zero-order chi connectivity index (χ0) is 14.6. The average Bonchev–Trinajstić information content (AvgIpc) is 2.76. The van der Waals surface area contributed by atoms with Crippen molar-refractivity contribution in [1.82, 2.24) is 9.80 Å². The lowest BCUT2D eigenvalue weighted by molar-refractivity contribution is -0.137. The summed E-state index contributed by atoms with van der Waals surface area (Å²) in [7, 11) is 2.32. The van der Waals surface area contributed by atoms with Gasteiger partial charge in [-0.05, 0) is 62.3 Å². The smallest absolute Gasteiger partial charge is 0.222 e. The maximum Gasteiger partial charge on any atom is 0.222 e. The minimum Gasteiger partial charge on any atom is -0.342 e. The normalized spacial score (nSPS) is 41.1. The Bertz CT molecular complexity index is 415. The predicted octanol–water partition coefficient (Wildman–Crippen LogP) is 2.61. The zero-order valence-electron chi connectivity index (χ0n) is 13.7. The van der Waals surface area contributed by atoms with Crippen molar-refractivity contribution in [3.05, 3.63) is 0 Å². The molecule has 1 amide bonds. The van der Waals surface area contributed by atoms with E-state index >= 15 is 0 Å². The van der Waals surface area contributed by atoms with Crippen LogP contribution in [-0.4, -0.2) is 48.9 Å². The molecule has 0 N–H and O–H groups in total. The number of hydrogen-bond donors (Lipinski definition) is 0. The third-order valence-electron chi connectivity index (χ3n) is 6.93. The molecular weight excluding hydrogens is 260 g/mol. The number of likely N-dealkylation sites (tertiary alicyclic amines) is 1. The van der Waals surface area contributed by atoms with Crippen LogP contribution in [0, 0.1) is 29.1 Å². The molecule has 0 aromatic carbocycles. The Morgan fingerprint density at radius 1 is 1.19 bits per heavy atom. The summed E-state index contributed by atoms with van der Waals surface area (Å²) in [4.78, 5) is 16.2. The first-order valence-electron chi connectivity index (χ1n) is 9.04. The highest BCUT2D eigenvalue weighted by molar-refractivity contribution is 5.76. The molecule has 0 aromatic heterocycles. The van der Waals surface area contributed by atoms with Crippen molar-refractivity contribution in [2.45, 2.75) is 45.4 Å². The van der Waals surface area contributed by atoms with Crippen molar-refractivity contribution in [3.63, 3.8) is 0 Å². The molecule has 3 nitrogen and oxygen atoms in total. The fourth-order valence-corrected chi connectivity index (χ4v) is 6.38. The van der Waals surface area contributed by atoms with E-state index in [-0.39, 0.29) is 0 Å². The zero-order valence-corrected chi connectivity index (χ0v) is 13.7. The highest BCUT2D eigenvalue weighted by Gasteiger charge is 2.57. The van der Waals surface area contributed by atoms with Crippen molar-refractivity contribution >= 4 is 5.91 Å². The second kappa shape index (κ2) is 4.97. The summed E-state index contributed by atoms with van der Waals surface area (Å²) in [6.45, 7) is 6.48. The summed E-state index contributed by atoms with van der Waals surface area (Å²) in [5.74, 6) is 4.23. The summed E-state index contributed by atoms with van der Waals surface area (Å²) < 4.78 is 0. The van der Waals surface area contributed by atoms with E-state index in [4.69, 9.17) is 0 Å². The van der Waals surface area contributed by atoms with Gasteiger partial charge in [0.1, 0.15) is 0 Å². The van der Waals surface area contributed by atoms with E-state index in [1.165, 1.54) is 38.8 Å². The van der Waals surface area contributed by atoms with Crippen molar-refractivity contribution in [1.29, 1.82) is 0 Å². The quantitative estimate of drug-likeness (QED) is 0.777. The molecule has 1 heterocycles. The average molecular weight is 290 g/mol. The first kappa shape index (κ1) is 14.0. The van der Waals surface area contributed by atoms with Gasteiger partial charge in [0.25, 0.3) is 0 Å². The van der Waals surface area contributed by atoms with Gasteiger partial charge in [-0.25, -0.2) is 0 Å². The minimum absolute atomic E-state index is 0.333. The molecule has 1 saturated heterocycles. The summed E-state index contributed by atoms with van der Waals surface area (Å²) in [5, 5.41) is 0. The van der Waals surface area contributed by atoms with Gasteiger partial charge in [-0.1, -0.05) is 6.92 Å². The van der Waals surface area contributed by atoms with Crippen LogP contribution in [0.1, 0.15) is 45.4 Å². The predicted molar refractivity (Wildman–Crippen MR) is 83.8 cm³/mol. The van der Waals surface area contributed by atoms with E-state index in [0.717, 1.165) is 36.8 Å². The molecule has 4 aliphatic carbocycles. The molecule has 5 fully saturated rings. The van der Waals surface area contributed by atoms with Gasteiger partial charge in [-0.2, -0.15) is 0 Å². The van der Waals surface area contributed by atoms with Crippen LogP contribution in [0.4, 0.5) is 0 Å². The van der Waals surface area contributed by atoms with E-state index in [2.05, 4.69) is 11.9 Å². The number of carbonyl (C=O) groups is 1. The molecule has 5 rings (SSSR count). The van der Waals surface area contributed by atoms with Crippen LogP contribution in [0.5, 0.6) is 0 Å². The van der Waals surface area contributed by atoms with Gasteiger partial charge < -0.3 is 9.80 Å². The van der Waals surface area contributed by atoms with E-state index in [1.807, 2.05) is 11.8 Å². The molecule has 2 unspecified atom stereocenters. The van der Waals surface area contributed by atoms with Crippen molar-refractivity contribution in [3.8, 4) is 0 Å². The van der Waals surface area contributed by atoms with Gasteiger partial charge in [0.05, 0.1) is 0 Å². The van der Waals surface area contributed by atoms with Gasteiger partial charge in [0.2, 0.25) is 5.91 Å². The van der Waals surface area contributed by atoms with Gasteiger partial charge in [0, 0.05) is 38.5 Å². The lowest BCUT2D eigenvalue weighted by Gasteiger charge is -2.43. The van der Waals surface area contributed by atoms with E-state index in [0.29, 0.717) is 17.7 Å². The Morgan fingerprint density at radius 3 is 2.48 bits per heavy atom. The number of carbonyl (C=O) groups excluding carboxylic acids is 1. The fourth-order valence-electron chi connectivity index (χ4n) is 6.38. The van der Waals surface area contributed by atoms with Gasteiger partial charge in [-0.15, -0.1) is 0 Å². The first-order chi connectivity index (χ1) is 10.1. The number of rotatable bonds is 5. The molecule has 0 aromatic rings. The molecule has 2 atom stereocenters. The minimum atomic E-state index is 0.333. The highest BCUT2D eigenvalue weighted by atomic mass is 16.2. The van der Waals surface area contributed by atoms with Crippen molar-refractivity contribution in [2.24, 2.45) is 29.1 Å². The third-order valence-corrected chi connectivity index (χ3v) is 6.93. The first-order valence-corrected chi connectivity index (χ1v) is 9.04. The summed E-state index contributed by atoms with van der Waals surface area (Å²) in [6.07, 6.45) is 8.31. The maximum absolute atomic E-state index is 11.6. The Morgan fingerprint density at radius 2 is 1.86 bits per heavy atom. The van der Waals surface area contributed by atoms with E-state index < -0.39 is 0 Å². The highest BCUT2D eigenvalue weighted by Crippen LogP contribution is 2.65. The second-order valence-corrected chi connectivity index (χ2v) is 8.62. The Hall–Kier alpha value is -0.570. The number of amides is 1. The Balaban J connectivity index is 1.28. The molecule has 1 aliphatic heterocycles. The van der Waals surface area contributed by atoms with Crippen molar-refractivity contribution < 1.29 is 4.79 Å². The third kappa shape index (κ3) is 2.32. The largest absolute Gasteiger partial charge is 0.342 e. The summed E-state index contributed by atoms with van der Waals surface area (Å²) in [6, 6.07) is 0. The van der Waals surface area contributed by atoms with E-state index in [9.17, 15) is 4.79 Å². The molecule has 21 heavy (non-hydrogen) atoms. The van der Waals surface area contributed by atoms with Crippen LogP contribution in [0.2, 0.25) is 0 Å². The van der Waals surface area contributed by atoms with Gasteiger partial charge >= 0.3 is 0 Å². The molecule has 3 heteroatoms. The molecule has 4 bridgehead atoms. The maximum atomic E-state index is 11.6. The summed E-state index contributed by atoms with van der Waals surface area (Å²) >= 11 is 0. The Labute approximate surface area is 129 Å². The molecule has 0 spiro atoms. The van der Waals surface area contributed by atoms with E-state index in [1.54, 1.807) is 6.42 Å². The lowest BCUT2D eigenvalue weighted by atomic mass is 9.75. The SMILES string of the molecule is CCC(=O)N1CC(CN(C)CC23CC4CC(CC2C4)C3)C1. The molecule has 118 valence electrons.